The summed E-state index contributed by atoms with van der Waals surface area (Å²) in [5.41, 5.74) is 3.57. The van der Waals surface area contributed by atoms with Crippen molar-refractivity contribution >= 4 is 70.1 Å². The van der Waals surface area contributed by atoms with Crippen LogP contribution in [0.3, 0.4) is 0 Å². The van der Waals surface area contributed by atoms with Crippen molar-refractivity contribution < 1.29 is 10.2 Å². The average Bonchev–Trinajstić information content (AvgIpc) is 3.35. The molecule has 0 amide bonds. The molecule has 6 heteroatoms. The van der Waals surface area contributed by atoms with E-state index in [1.165, 1.54) is 31.1 Å². The van der Waals surface area contributed by atoms with E-state index in [0.717, 1.165) is 47.2 Å². The predicted molar refractivity (Wildman–Crippen MR) is 274 cm³/mol. The van der Waals surface area contributed by atoms with E-state index in [2.05, 4.69) is 220 Å². The molecule has 0 saturated heterocycles. The Bertz CT molecular complexity index is 2480. The second kappa shape index (κ2) is 18.9. The van der Waals surface area contributed by atoms with E-state index in [4.69, 9.17) is 9.98 Å². The largest absolute Gasteiger partial charge is 0.507 e. The molecule has 1 saturated carbocycles. The van der Waals surface area contributed by atoms with E-state index in [-0.39, 0.29) is 23.6 Å². The molecule has 0 aromatic heterocycles. The molecule has 0 aliphatic heterocycles. The van der Waals surface area contributed by atoms with Crippen LogP contribution in [0.25, 0.3) is 0 Å². The lowest BCUT2D eigenvalue weighted by molar-refractivity contribution is 0.390. The molecule has 0 spiro atoms. The van der Waals surface area contributed by atoms with Gasteiger partial charge < -0.3 is 10.2 Å². The van der Waals surface area contributed by atoms with E-state index in [1.807, 2.05) is 12.4 Å². The van der Waals surface area contributed by atoms with Crippen molar-refractivity contribution in [1.29, 1.82) is 0 Å². The summed E-state index contributed by atoms with van der Waals surface area (Å²) in [6.45, 7) is 4.23. The minimum absolute atomic E-state index is 0.0782. The summed E-state index contributed by atoms with van der Waals surface area (Å²) >= 11 is 0. The monoisotopic (exact) mass is 866 g/mol. The molecule has 0 heterocycles. The van der Waals surface area contributed by atoms with Gasteiger partial charge >= 0.3 is 0 Å². The van der Waals surface area contributed by atoms with Crippen LogP contribution in [0.2, 0.25) is 0 Å². The maximum atomic E-state index is 12.6. The van der Waals surface area contributed by atoms with Gasteiger partial charge in [-0.2, -0.15) is 0 Å². The topological polar surface area (TPSA) is 65.2 Å². The summed E-state index contributed by atoms with van der Waals surface area (Å²) in [7, 11) is -5.98. The fraction of sp³-hybridized carbons (Fsp3) is 0.138. The molecule has 8 aromatic rings. The van der Waals surface area contributed by atoms with Crippen molar-refractivity contribution in [3.63, 3.8) is 0 Å². The molecule has 1 aliphatic rings. The van der Waals surface area contributed by atoms with Gasteiger partial charge in [0.05, 0.1) is 12.1 Å². The van der Waals surface area contributed by atoms with Gasteiger partial charge in [0, 0.05) is 23.6 Å². The fourth-order valence-corrected chi connectivity index (χ4v) is 20.1. The van der Waals surface area contributed by atoms with Crippen LogP contribution in [-0.2, 0) is 0 Å². The molecular formula is C58H54N2O2Si2. The van der Waals surface area contributed by atoms with E-state index in [9.17, 15) is 10.2 Å². The van der Waals surface area contributed by atoms with Crippen LogP contribution in [-0.4, -0.2) is 50.9 Å². The normalized spacial score (nSPS) is 15.7. The Labute approximate surface area is 380 Å². The summed E-state index contributed by atoms with van der Waals surface area (Å²) in [5.74, 6) is 0.544. The number of nitrogens with zero attached hydrogens (tertiary/aromatic N) is 2. The molecule has 64 heavy (non-hydrogen) atoms. The number of phenols is 2. The van der Waals surface area contributed by atoms with Crippen molar-refractivity contribution in [2.24, 2.45) is 9.98 Å². The molecule has 1 aliphatic carbocycles. The predicted octanol–water partition coefficient (Wildman–Crippen LogP) is 7.32. The quantitative estimate of drug-likeness (QED) is 0.0769. The van der Waals surface area contributed by atoms with Gasteiger partial charge in [0.1, 0.15) is 11.5 Å². The number of aliphatic imine (C=N–C) groups is 2. The zero-order valence-electron chi connectivity index (χ0n) is 36.6. The highest BCUT2D eigenvalue weighted by Crippen LogP contribution is 2.27. The van der Waals surface area contributed by atoms with Gasteiger partial charge in [-0.25, -0.2) is 0 Å². The Hall–Kier alpha value is -6.87. The number of benzene rings is 8. The van der Waals surface area contributed by atoms with Crippen molar-refractivity contribution in [3.8, 4) is 11.5 Å². The van der Waals surface area contributed by atoms with Gasteiger partial charge in [0.2, 0.25) is 0 Å². The Balaban J connectivity index is 1.11. The van der Waals surface area contributed by atoms with E-state index >= 15 is 0 Å². The summed E-state index contributed by atoms with van der Waals surface area (Å²) in [6.07, 6.45) is 7.70. The van der Waals surface area contributed by atoms with Crippen LogP contribution in [0.1, 0.15) is 47.9 Å². The molecule has 0 bridgehead atoms. The molecule has 2 atom stereocenters. The third-order valence-electron chi connectivity index (χ3n) is 13.1. The second-order valence-corrected chi connectivity index (χ2v) is 24.7. The van der Waals surface area contributed by atoms with Crippen LogP contribution < -0.4 is 41.5 Å². The molecule has 2 N–H and O–H groups in total. The molecule has 8 aromatic carbocycles. The smallest absolute Gasteiger partial charge is 0.183 e. The molecule has 0 radical (unpaired) electrons. The Morgan fingerprint density at radius 2 is 0.641 bits per heavy atom. The van der Waals surface area contributed by atoms with Crippen LogP contribution in [0.5, 0.6) is 11.5 Å². The zero-order chi connectivity index (χ0) is 43.9. The number of hydrogen-bond donors (Lipinski definition) is 2. The first-order valence-electron chi connectivity index (χ1n) is 22.5. The Morgan fingerprint density at radius 3 is 0.891 bits per heavy atom. The molecular weight excluding hydrogens is 813 g/mol. The summed E-state index contributed by atoms with van der Waals surface area (Å²) < 4.78 is 0. The molecule has 0 unspecified atom stereocenters. The number of phenolic OH excluding ortho intramolecular Hbond substituents is 2. The van der Waals surface area contributed by atoms with Gasteiger partial charge in [-0.3, -0.25) is 9.98 Å². The molecule has 1 fully saturated rings. The first-order valence-corrected chi connectivity index (χ1v) is 26.5. The average molecular weight is 867 g/mol. The van der Waals surface area contributed by atoms with Gasteiger partial charge in [-0.15, -0.1) is 0 Å². The van der Waals surface area contributed by atoms with Crippen molar-refractivity contribution in [1.82, 2.24) is 0 Å². The van der Waals surface area contributed by atoms with Crippen LogP contribution in [0, 0.1) is 13.8 Å². The van der Waals surface area contributed by atoms with Crippen LogP contribution in [0.4, 0.5) is 0 Å². The van der Waals surface area contributed by atoms with Crippen LogP contribution in [0.15, 0.2) is 216 Å². The van der Waals surface area contributed by atoms with E-state index < -0.39 is 16.1 Å². The second-order valence-electron chi connectivity index (χ2n) is 17.2. The number of aromatic hydroxyl groups is 2. The maximum Gasteiger partial charge on any atom is 0.183 e. The lowest BCUT2D eigenvalue weighted by Crippen LogP contribution is -2.74. The van der Waals surface area contributed by atoms with E-state index in [1.54, 1.807) is 0 Å². The minimum atomic E-state index is -2.99. The Kier molecular flexibility index (Phi) is 12.5. The van der Waals surface area contributed by atoms with Gasteiger partial charge in [-0.1, -0.05) is 218 Å². The summed E-state index contributed by atoms with van der Waals surface area (Å²) in [4.78, 5) is 10.5. The number of aryl methyl sites for hydroxylation is 2. The molecule has 9 rings (SSSR count). The maximum absolute atomic E-state index is 12.6. The zero-order valence-corrected chi connectivity index (χ0v) is 38.6. The van der Waals surface area contributed by atoms with Crippen molar-refractivity contribution in [2.75, 3.05) is 0 Å². The van der Waals surface area contributed by atoms with E-state index in [0.29, 0.717) is 11.1 Å². The minimum Gasteiger partial charge on any atom is -0.507 e. The highest BCUT2D eigenvalue weighted by atomic mass is 28.3. The highest BCUT2D eigenvalue weighted by Gasteiger charge is 2.45. The lowest BCUT2D eigenvalue weighted by atomic mass is 9.91. The first kappa shape index (κ1) is 42.4. The van der Waals surface area contributed by atoms with Gasteiger partial charge in [0.15, 0.2) is 16.1 Å². The SMILES string of the molecule is Cc1cc(C=N[C@@H]2CCCC[C@H]2N=Cc2cc(C)cc([Si](c3ccccc3)(c3ccccc3)c3ccccc3)c2O)c(O)c([Si](c2ccccc2)(c2ccccc2)c2ccccc2)c1. The standard InChI is InChI=1S/C58H54N2O2Si2/c1-43-37-45(57(61)55(39-43)63(47-23-9-3-10-24-47,48-25-11-4-12-26-48)49-27-13-5-14-28-49)41-59-53-35-21-22-36-54(53)60-42-46-38-44(2)40-56(58(46)62)64(50-29-15-6-16-30-50,51-31-17-7-18-32-51)52-33-19-8-20-34-52/h3-20,23-34,37-42,53-54,61-62H,21-22,35-36H2,1-2H3/t53-,54-/m1/s1. The summed E-state index contributed by atoms with van der Waals surface area (Å²) in [6, 6.07) is 72.5. The molecule has 316 valence electrons. The fourth-order valence-electron chi connectivity index (χ4n) is 10.2. The lowest BCUT2D eigenvalue weighted by Gasteiger charge is -2.35. The van der Waals surface area contributed by atoms with Gasteiger partial charge in [-0.05, 0) is 80.3 Å². The third-order valence-corrected chi connectivity index (χ3v) is 22.7. The molecule has 4 nitrogen and oxygen atoms in total. The first-order chi connectivity index (χ1) is 31.4. The highest BCUT2D eigenvalue weighted by molar-refractivity contribution is 7.21. The van der Waals surface area contributed by atoms with Gasteiger partial charge in [0.25, 0.3) is 0 Å². The van der Waals surface area contributed by atoms with Crippen molar-refractivity contribution in [3.05, 3.63) is 229 Å². The number of hydrogen-bond acceptors (Lipinski definition) is 4. The van der Waals surface area contributed by atoms with Crippen LogP contribution >= 0.6 is 0 Å². The Morgan fingerprint density at radius 1 is 0.391 bits per heavy atom. The van der Waals surface area contributed by atoms with Crippen molar-refractivity contribution in [2.45, 2.75) is 51.6 Å². The summed E-state index contributed by atoms with van der Waals surface area (Å²) in [5, 5.41) is 34.3. The third kappa shape index (κ3) is 8.00. The number of rotatable bonds is 12.